The number of hydrogen-bond acceptors (Lipinski definition) is 2. The zero-order valence-corrected chi connectivity index (χ0v) is 11.9. The highest BCUT2D eigenvalue weighted by molar-refractivity contribution is 5.94. The standard InChI is InChI=1S/C14H18F2N2O.ClH/c15-12-5-1-4-11(13(12)16)14(19)18-8-6-10-3-2-7-17-9-10;/h1,4-5,10,17H,2-3,6-9H2,(H,18,19);1H. The first-order valence-corrected chi connectivity index (χ1v) is 6.61. The van der Waals surface area contributed by atoms with Crippen LogP contribution in [0.15, 0.2) is 18.2 Å². The first-order chi connectivity index (χ1) is 9.18. The van der Waals surface area contributed by atoms with Gasteiger partial charge < -0.3 is 10.6 Å². The van der Waals surface area contributed by atoms with E-state index < -0.39 is 17.5 Å². The maximum absolute atomic E-state index is 13.4. The van der Waals surface area contributed by atoms with E-state index in [9.17, 15) is 13.6 Å². The molecule has 112 valence electrons. The predicted molar refractivity (Wildman–Crippen MR) is 76.1 cm³/mol. The molecule has 0 aliphatic carbocycles. The van der Waals surface area contributed by atoms with Crippen LogP contribution in [0, 0.1) is 17.6 Å². The molecule has 3 nitrogen and oxygen atoms in total. The smallest absolute Gasteiger partial charge is 0.254 e. The quantitative estimate of drug-likeness (QED) is 0.897. The van der Waals surface area contributed by atoms with E-state index >= 15 is 0 Å². The van der Waals surface area contributed by atoms with Gasteiger partial charge in [-0.15, -0.1) is 12.4 Å². The average molecular weight is 305 g/mol. The number of amides is 1. The molecular formula is C14H19ClF2N2O. The van der Waals surface area contributed by atoms with Crippen molar-refractivity contribution in [3.8, 4) is 0 Å². The van der Waals surface area contributed by atoms with Crippen LogP contribution in [-0.2, 0) is 0 Å². The fourth-order valence-electron chi connectivity index (χ4n) is 2.33. The lowest BCUT2D eigenvalue weighted by Crippen LogP contribution is -2.33. The number of piperidine rings is 1. The number of rotatable bonds is 4. The second kappa shape index (κ2) is 8.17. The lowest BCUT2D eigenvalue weighted by atomic mass is 9.96. The van der Waals surface area contributed by atoms with E-state index in [1.807, 2.05) is 0 Å². The van der Waals surface area contributed by atoms with Gasteiger partial charge in [0.2, 0.25) is 0 Å². The minimum atomic E-state index is -1.08. The lowest BCUT2D eigenvalue weighted by molar-refractivity contribution is 0.0945. The molecule has 0 spiro atoms. The zero-order chi connectivity index (χ0) is 13.7. The van der Waals surface area contributed by atoms with Crippen LogP contribution in [-0.4, -0.2) is 25.5 Å². The van der Waals surface area contributed by atoms with Gasteiger partial charge in [-0.2, -0.15) is 0 Å². The molecule has 2 rings (SSSR count). The number of carbonyl (C=O) groups excluding carboxylic acids is 1. The second-order valence-corrected chi connectivity index (χ2v) is 4.86. The monoisotopic (exact) mass is 304 g/mol. The Morgan fingerprint density at radius 3 is 2.90 bits per heavy atom. The molecule has 20 heavy (non-hydrogen) atoms. The van der Waals surface area contributed by atoms with Crippen LogP contribution in [0.25, 0.3) is 0 Å². The number of hydrogen-bond donors (Lipinski definition) is 2. The van der Waals surface area contributed by atoms with E-state index in [1.165, 1.54) is 12.1 Å². The minimum Gasteiger partial charge on any atom is -0.352 e. The van der Waals surface area contributed by atoms with Gasteiger partial charge in [0.25, 0.3) is 5.91 Å². The Morgan fingerprint density at radius 1 is 1.40 bits per heavy atom. The summed E-state index contributed by atoms with van der Waals surface area (Å²) in [4.78, 5) is 11.7. The van der Waals surface area contributed by atoms with Crippen molar-refractivity contribution in [1.82, 2.24) is 10.6 Å². The van der Waals surface area contributed by atoms with Crippen molar-refractivity contribution in [3.63, 3.8) is 0 Å². The molecule has 1 amide bonds. The fourth-order valence-corrected chi connectivity index (χ4v) is 2.33. The summed E-state index contributed by atoms with van der Waals surface area (Å²) in [6.45, 7) is 2.50. The van der Waals surface area contributed by atoms with Crippen molar-refractivity contribution >= 4 is 18.3 Å². The van der Waals surface area contributed by atoms with Crippen molar-refractivity contribution in [2.75, 3.05) is 19.6 Å². The van der Waals surface area contributed by atoms with Gasteiger partial charge in [0, 0.05) is 6.54 Å². The van der Waals surface area contributed by atoms with E-state index in [2.05, 4.69) is 10.6 Å². The molecule has 1 atom stereocenters. The Labute approximate surface area is 123 Å². The third kappa shape index (κ3) is 4.42. The van der Waals surface area contributed by atoms with E-state index in [0.29, 0.717) is 12.5 Å². The molecule has 0 bridgehead atoms. The van der Waals surface area contributed by atoms with Gasteiger partial charge in [-0.25, -0.2) is 8.78 Å². The Kier molecular flexibility index (Phi) is 6.88. The molecule has 0 aromatic heterocycles. The Bertz CT molecular complexity index is 451. The number of halogens is 3. The summed E-state index contributed by atoms with van der Waals surface area (Å²) >= 11 is 0. The van der Waals surface area contributed by atoms with Crippen LogP contribution in [0.4, 0.5) is 8.78 Å². The number of carbonyl (C=O) groups is 1. The predicted octanol–water partition coefficient (Wildman–Crippen LogP) is 2.51. The molecule has 1 heterocycles. The van der Waals surface area contributed by atoms with Crippen LogP contribution in [0.5, 0.6) is 0 Å². The molecular weight excluding hydrogens is 286 g/mol. The van der Waals surface area contributed by atoms with Crippen molar-refractivity contribution in [2.45, 2.75) is 19.3 Å². The molecule has 0 saturated carbocycles. The highest BCUT2D eigenvalue weighted by Crippen LogP contribution is 2.14. The SMILES string of the molecule is Cl.O=C(NCCC1CCCNC1)c1cccc(F)c1F. The Balaban J connectivity index is 0.00000200. The van der Waals surface area contributed by atoms with E-state index in [1.54, 1.807) is 0 Å². The highest BCUT2D eigenvalue weighted by atomic mass is 35.5. The molecule has 0 radical (unpaired) electrons. The van der Waals surface area contributed by atoms with Crippen molar-refractivity contribution in [2.24, 2.45) is 5.92 Å². The first-order valence-electron chi connectivity index (χ1n) is 6.61. The van der Waals surface area contributed by atoms with E-state index in [-0.39, 0.29) is 18.0 Å². The average Bonchev–Trinajstić information content (AvgIpc) is 2.43. The highest BCUT2D eigenvalue weighted by Gasteiger charge is 2.16. The van der Waals surface area contributed by atoms with Crippen molar-refractivity contribution in [3.05, 3.63) is 35.4 Å². The molecule has 6 heteroatoms. The van der Waals surface area contributed by atoms with Gasteiger partial charge in [0.05, 0.1) is 5.56 Å². The molecule has 2 N–H and O–H groups in total. The zero-order valence-electron chi connectivity index (χ0n) is 11.1. The summed E-state index contributed by atoms with van der Waals surface area (Å²) in [7, 11) is 0. The largest absolute Gasteiger partial charge is 0.352 e. The maximum Gasteiger partial charge on any atom is 0.254 e. The maximum atomic E-state index is 13.4. The van der Waals surface area contributed by atoms with Crippen LogP contribution in [0.3, 0.4) is 0 Å². The van der Waals surface area contributed by atoms with Crippen LogP contribution in [0.1, 0.15) is 29.6 Å². The van der Waals surface area contributed by atoms with Crippen molar-refractivity contribution < 1.29 is 13.6 Å². The Hall–Kier alpha value is -1.20. The summed E-state index contributed by atoms with van der Waals surface area (Å²) in [5.41, 5.74) is -0.234. The third-order valence-electron chi connectivity index (χ3n) is 3.43. The van der Waals surface area contributed by atoms with Crippen LogP contribution >= 0.6 is 12.4 Å². The van der Waals surface area contributed by atoms with Gasteiger partial charge in [-0.05, 0) is 50.4 Å². The summed E-state index contributed by atoms with van der Waals surface area (Å²) in [6, 6.07) is 3.62. The second-order valence-electron chi connectivity index (χ2n) is 4.86. The number of nitrogens with one attached hydrogen (secondary N) is 2. The normalized spacial score (nSPS) is 18.2. The van der Waals surface area contributed by atoms with Gasteiger partial charge in [0.15, 0.2) is 11.6 Å². The molecule has 1 saturated heterocycles. The number of benzene rings is 1. The summed E-state index contributed by atoms with van der Waals surface area (Å²) in [6.07, 6.45) is 3.16. The minimum absolute atomic E-state index is 0. The van der Waals surface area contributed by atoms with Gasteiger partial charge >= 0.3 is 0 Å². The van der Waals surface area contributed by atoms with Gasteiger partial charge in [0.1, 0.15) is 0 Å². The summed E-state index contributed by atoms with van der Waals surface area (Å²) in [5, 5.41) is 5.94. The molecule has 1 aromatic carbocycles. The van der Waals surface area contributed by atoms with Crippen LogP contribution in [0.2, 0.25) is 0 Å². The third-order valence-corrected chi connectivity index (χ3v) is 3.43. The molecule has 1 aliphatic heterocycles. The van der Waals surface area contributed by atoms with Gasteiger partial charge in [-0.3, -0.25) is 4.79 Å². The fraction of sp³-hybridized carbons (Fsp3) is 0.500. The summed E-state index contributed by atoms with van der Waals surface area (Å²) in [5.74, 6) is -2.09. The van der Waals surface area contributed by atoms with Gasteiger partial charge in [-0.1, -0.05) is 6.07 Å². The summed E-state index contributed by atoms with van der Waals surface area (Å²) < 4.78 is 26.4. The molecule has 1 fully saturated rings. The molecule has 1 unspecified atom stereocenters. The lowest BCUT2D eigenvalue weighted by Gasteiger charge is -2.22. The molecule has 1 aromatic rings. The van der Waals surface area contributed by atoms with Crippen molar-refractivity contribution in [1.29, 1.82) is 0 Å². The van der Waals surface area contributed by atoms with Crippen LogP contribution < -0.4 is 10.6 Å². The Morgan fingerprint density at radius 2 is 2.20 bits per heavy atom. The molecule has 1 aliphatic rings. The first kappa shape index (κ1) is 16.9. The van der Waals surface area contributed by atoms with E-state index in [4.69, 9.17) is 0 Å². The van der Waals surface area contributed by atoms with E-state index in [0.717, 1.165) is 38.4 Å². The topological polar surface area (TPSA) is 41.1 Å².